The van der Waals surface area contributed by atoms with Crippen molar-refractivity contribution in [2.45, 2.75) is 50.4 Å². The average molecular weight is 392 g/mol. The molecule has 2 aliphatic rings. The molecule has 1 heterocycles. The van der Waals surface area contributed by atoms with Gasteiger partial charge in [0.2, 0.25) is 0 Å². The fourth-order valence-electron chi connectivity index (χ4n) is 4.67. The van der Waals surface area contributed by atoms with Crippen LogP contribution >= 0.6 is 0 Å². The van der Waals surface area contributed by atoms with E-state index in [1.165, 1.54) is 12.6 Å². The largest absolute Gasteiger partial charge is 0.435 e. The van der Waals surface area contributed by atoms with Crippen LogP contribution < -0.4 is 11.1 Å². The van der Waals surface area contributed by atoms with Crippen molar-refractivity contribution in [3.63, 3.8) is 0 Å². The highest BCUT2D eigenvalue weighted by Crippen LogP contribution is 2.39. The molecule has 1 amide bonds. The van der Waals surface area contributed by atoms with Gasteiger partial charge in [0.15, 0.2) is 5.69 Å². The summed E-state index contributed by atoms with van der Waals surface area (Å²) in [5.74, 6) is 0.590. The van der Waals surface area contributed by atoms with Crippen molar-refractivity contribution in [3.05, 3.63) is 47.8 Å². The number of hydrogen-bond acceptors (Lipinski definition) is 3. The number of benzene rings is 1. The zero-order valence-electron chi connectivity index (χ0n) is 15.3. The predicted octanol–water partition coefficient (Wildman–Crippen LogP) is 3.53. The third-order valence-electron chi connectivity index (χ3n) is 5.93. The lowest BCUT2D eigenvalue weighted by Crippen LogP contribution is -2.53. The Kier molecular flexibility index (Phi) is 4.91. The van der Waals surface area contributed by atoms with Gasteiger partial charge in [-0.2, -0.15) is 18.3 Å². The number of halogens is 3. The second-order valence-corrected chi connectivity index (χ2v) is 7.88. The zero-order chi connectivity index (χ0) is 19.9. The van der Waals surface area contributed by atoms with Crippen LogP contribution in [-0.2, 0) is 6.18 Å². The SMILES string of the molecule is NC1CC2CCCC(C1)C2NC(=O)c1cccc(-n2ccc(C(F)(F)F)n2)c1. The van der Waals surface area contributed by atoms with Gasteiger partial charge in [-0.1, -0.05) is 12.5 Å². The Morgan fingerprint density at radius 2 is 1.89 bits per heavy atom. The molecule has 8 heteroatoms. The second kappa shape index (κ2) is 7.24. The lowest BCUT2D eigenvalue weighted by molar-refractivity contribution is -0.141. The summed E-state index contributed by atoms with van der Waals surface area (Å²) in [5, 5.41) is 6.73. The number of aromatic nitrogens is 2. The van der Waals surface area contributed by atoms with Gasteiger partial charge in [0.25, 0.3) is 5.91 Å². The van der Waals surface area contributed by atoms with Gasteiger partial charge in [0.05, 0.1) is 5.69 Å². The van der Waals surface area contributed by atoms with Crippen LogP contribution in [-0.4, -0.2) is 27.8 Å². The first-order valence-corrected chi connectivity index (χ1v) is 9.61. The molecule has 2 aliphatic carbocycles. The quantitative estimate of drug-likeness (QED) is 0.839. The van der Waals surface area contributed by atoms with Gasteiger partial charge in [-0.15, -0.1) is 0 Å². The van der Waals surface area contributed by atoms with E-state index < -0.39 is 11.9 Å². The summed E-state index contributed by atoms with van der Waals surface area (Å²) in [7, 11) is 0. The first kappa shape index (κ1) is 19.0. The van der Waals surface area contributed by atoms with Gasteiger partial charge in [-0.3, -0.25) is 4.79 Å². The molecule has 150 valence electrons. The minimum Gasteiger partial charge on any atom is -0.349 e. The van der Waals surface area contributed by atoms with Crippen molar-refractivity contribution in [1.82, 2.24) is 15.1 Å². The molecule has 0 aliphatic heterocycles. The lowest BCUT2D eigenvalue weighted by Gasteiger charge is -2.45. The van der Waals surface area contributed by atoms with Crippen LogP contribution in [0, 0.1) is 11.8 Å². The summed E-state index contributed by atoms with van der Waals surface area (Å²) < 4.78 is 39.5. The number of fused-ring (bicyclic) bond motifs is 2. The van der Waals surface area contributed by atoms with Crippen LogP contribution in [0.1, 0.15) is 48.2 Å². The lowest BCUT2D eigenvalue weighted by atomic mass is 9.67. The fourth-order valence-corrected chi connectivity index (χ4v) is 4.67. The van der Waals surface area contributed by atoms with E-state index >= 15 is 0 Å². The second-order valence-electron chi connectivity index (χ2n) is 7.88. The van der Waals surface area contributed by atoms with Gasteiger partial charge in [-0.25, -0.2) is 4.68 Å². The number of nitrogens with two attached hydrogens (primary N) is 1. The highest BCUT2D eigenvalue weighted by Gasteiger charge is 2.40. The molecule has 2 fully saturated rings. The molecule has 2 saturated carbocycles. The van der Waals surface area contributed by atoms with Crippen molar-refractivity contribution in [2.24, 2.45) is 17.6 Å². The Morgan fingerprint density at radius 1 is 1.18 bits per heavy atom. The molecule has 28 heavy (non-hydrogen) atoms. The van der Waals surface area contributed by atoms with E-state index in [4.69, 9.17) is 5.73 Å². The number of amides is 1. The number of rotatable bonds is 3. The van der Waals surface area contributed by atoms with Crippen LogP contribution in [0.25, 0.3) is 5.69 Å². The summed E-state index contributed by atoms with van der Waals surface area (Å²) in [6, 6.07) is 7.74. The highest BCUT2D eigenvalue weighted by atomic mass is 19.4. The van der Waals surface area contributed by atoms with Crippen LogP contribution in [0.4, 0.5) is 13.2 Å². The molecule has 3 N–H and O–H groups in total. The molecule has 0 spiro atoms. The van der Waals surface area contributed by atoms with Crippen molar-refractivity contribution < 1.29 is 18.0 Å². The van der Waals surface area contributed by atoms with E-state index in [-0.39, 0.29) is 18.0 Å². The van der Waals surface area contributed by atoms with Crippen molar-refractivity contribution in [2.75, 3.05) is 0 Å². The Hall–Kier alpha value is -2.35. The van der Waals surface area contributed by atoms with E-state index in [2.05, 4.69) is 10.4 Å². The molecular formula is C20H23F3N4O. The third-order valence-corrected chi connectivity index (χ3v) is 5.93. The Bertz CT molecular complexity index is 849. The predicted molar refractivity (Wildman–Crippen MR) is 97.9 cm³/mol. The molecule has 1 aromatic heterocycles. The van der Waals surface area contributed by atoms with E-state index in [1.807, 2.05) is 0 Å². The third kappa shape index (κ3) is 3.78. The maximum Gasteiger partial charge on any atom is 0.435 e. The topological polar surface area (TPSA) is 72.9 Å². The number of alkyl halides is 3. The normalized spacial score (nSPS) is 27.4. The molecule has 5 nitrogen and oxygen atoms in total. The monoisotopic (exact) mass is 392 g/mol. The van der Waals surface area contributed by atoms with Crippen LogP contribution in [0.15, 0.2) is 36.5 Å². The molecule has 4 rings (SSSR count). The van der Waals surface area contributed by atoms with E-state index in [1.54, 1.807) is 24.3 Å². The average Bonchev–Trinajstić information content (AvgIpc) is 3.13. The van der Waals surface area contributed by atoms with Crippen molar-refractivity contribution in [1.29, 1.82) is 0 Å². The number of nitrogens with one attached hydrogen (secondary N) is 1. The maximum atomic E-state index is 12.8. The molecule has 0 saturated heterocycles. The van der Waals surface area contributed by atoms with E-state index in [0.717, 1.165) is 36.4 Å². The van der Waals surface area contributed by atoms with Gasteiger partial charge in [-0.05, 0) is 61.8 Å². The number of nitrogens with zero attached hydrogens (tertiary/aromatic N) is 2. The van der Waals surface area contributed by atoms with Gasteiger partial charge >= 0.3 is 6.18 Å². The molecule has 0 radical (unpaired) electrons. The first-order valence-electron chi connectivity index (χ1n) is 9.61. The molecule has 2 unspecified atom stereocenters. The molecule has 1 aromatic carbocycles. The standard InChI is InChI=1S/C20H23F3N4O/c21-20(22,23)17-7-8-27(26-17)16-6-2-5-14(11-16)19(28)25-18-12-3-1-4-13(18)10-15(24)9-12/h2,5-8,11-13,15,18H,1,3-4,9-10,24H2,(H,25,28). The summed E-state index contributed by atoms with van der Waals surface area (Å²) >= 11 is 0. The minimum atomic E-state index is -4.50. The van der Waals surface area contributed by atoms with Gasteiger partial charge in [0, 0.05) is 23.8 Å². The minimum absolute atomic E-state index is 0.117. The van der Waals surface area contributed by atoms with E-state index in [9.17, 15) is 18.0 Å². The van der Waals surface area contributed by atoms with Gasteiger partial charge in [0.1, 0.15) is 0 Å². The highest BCUT2D eigenvalue weighted by molar-refractivity contribution is 5.95. The summed E-state index contributed by atoms with van der Waals surface area (Å²) in [5.41, 5.74) is 6.00. The maximum absolute atomic E-state index is 12.8. The fraction of sp³-hybridized carbons (Fsp3) is 0.500. The Morgan fingerprint density at radius 3 is 2.54 bits per heavy atom. The number of carbonyl (C=O) groups excluding carboxylic acids is 1. The zero-order valence-corrected chi connectivity index (χ0v) is 15.3. The first-order chi connectivity index (χ1) is 13.3. The molecule has 2 aromatic rings. The van der Waals surface area contributed by atoms with Crippen LogP contribution in [0.2, 0.25) is 0 Å². The molecule has 2 atom stereocenters. The Labute approximate surface area is 161 Å². The summed E-state index contributed by atoms with van der Waals surface area (Å²) in [4.78, 5) is 12.8. The smallest absolute Gasteiger partial charge is 0.349 e. The number of hydrogen-bond donors (Lipinski definition) is 2. The van der Waals surface area contributed by atoms with Crippen molar-refractivity contribution >= 4 is 5.91 Å². The summed E-state index contributed by atoms with van der Waals surface area (Å²) in [6.45, 7) is 0. The van der Waals surface area contributed by atoms with Crippen molar-refractivity contribution in [3.8, 4) is 5.69 Å². The number of carbonyl (C=O) groups is 1. The molecular weight excluding hydrogens is 369 g/mol. The molecule has 2 bridgehead atoms. The van der Waals surface area contributed by atoms with E-state index in [0.29, 0.717) is 23.1 Å². The Balaban J connectivity index is 1.51. The van der Waals surface area contributed by atoms with Crippen LogP contribution in [0.3, 0.4) is 0 Å². The van der Waals surface area contributed by atoms with Gasteiger partial charge < -0.3 is 11.1 Å². The van der Waals surface area contributed by atoms with Crippen LogP contribution in [0.5, 0.6) is 0 Å². The summed E-state index contributed by atoms with van der Waals surface area (Å²) in [6.07, 6.45) is 1.91.